The molecule has 0 atom stereocenters. The van der Waals surface area contributed by atoms with Gasteiger partial charge in [0.2, 0.25) is 5.91 Å². The minimum Gasteiger partial charge on any atom is -0.478 e. The topological polar surface area (TPSA) is 66.4 Å². The second kappa shape index (κ2) is 6.11. The summed E-state index contributed by atoms with van der Waals surface area (Å²) < 4.78 is 0.835. The maximum Gasteiger partial charge on any atom is 0.337 e. The van der Waals surface area contributed by atoms with E-state index in [1.807, 2.05) is 6.92 Å². The minimum absolute atomic E-state index is 0.0686. The molecule has 0 spiro atoms. The van der Waals surface area contributed by atoms with Crippen LogP contribution in [0.5, 0.6) is 0 Å². The van der Waals surface area contributed by atoms with Crippen LogP contribution in [-0.2, 0) is 4.79 Å². The molecule has 0 unspecified atom stereocenters. The van der Waals surface area contributed by atoms with E-state index in [0.29, 0.717) is 5.69 Å². The summed E-state index contributed by atoms with van der Waals surface area (Å²) >= 11 is 2.06. The van der Waals surface area contributed by atoms with E-state index in [1.165, 1.54) is 6.42 Å². The Hall–Kier alpha value is -1.11. The fourth-order valence-corrected chi connectivity index (χ4v) is 3.13. The molecule has 1 fully saturated rings. The normalized spacial score (nSPS) is 17.5. The van der Waals surface area contributed by atoms with Crippen molar-refractivity contribution < 1.29 is 14.7 Å². The highest BCUT2D eigenvalue weighted by atomic mass is 127. The molecular formula is C15H18INO3. The molecule has 4 nitrogen and oxygen atoms in total. The van der Waals surface area contributed by atoms with Crippen molar-refractivity contribution in [2.45, 2.75) is 39.0 Å². The third-order valence-corrected chi connectivity index (χ3v) is 4.64. The van der Waals surface area contributed by atoms with Gasteiger partial charge in [-0.1, -0.05) is 26.2 Å². The second-order valence-electron chi connectivity index (χ2n) is 5.57. The number of benzene rings is 1. The molecule has 5 heteroatoms. The zero-order chi connectivity index (χ0) is 14.8. The van der Waals surface area contributed by atoms with Gasteiger partial charge in [0.15, 0.2) is 0 Å². The number of carboxylic acids is 1. The van der Waals surface area contributed by atoms with Crippen LogP contribution in [0.2, 0.25) is 0 Å². The average molecular weight is 387 g/mol. The van der Waals surface area contributed by atoms with Gasteiger partial charge in [-0.05, 0) is 53.6 Å². The standard InChI is InChI=1S/C15H18INO3/c1-15(7-3-2-4-8-15)14(20)17-12-6-5-10(16)9-11(12)13(18)19/h5-6,9H,2-4,7-8H2,1H3,(H,17,20)(H,18,19). The van der Waals surface area contributed by atoms with Crippen molar-refractivity contribution in [1.82, 2.24) is 0 Å². The molecule has 1 saturated carbocycles. The molecule has 1 aliphatic carbocycles. The molecule has 2 rings (SSSR count). The van der Waals surface area contributed by atoms with E-state index in [2.05, 4.69) is 27.9 Å². The Kier molecular flexibility index (Phi) is 4.67. The van der Waals surface area contributed by atoms with Crippen LogP contribution in [-0.4, -0.2) is 17.0 Å². The Morgan fingerprint density at radius 3 is 2.50 bits per heavy atom. The molecule has 0 aromatic heterocycles. The lowest BCUT2D eigenvalue weighted by atomic mass is 9.75. The van der Waals surface area contributed by atoms with Crippen molar-refractivity contribution in [3.8, 4) is 0 Å². The van der Waals surface area contributed by atoms with Gasteiger partial charge in [0.05, 0.1) is 11.3 Å². The molecular weight excluding hydrogens is 369 g/mol. The van der Waals surface area contributed by atoms with Gasteiger partial charge >= 0.3 is 5.97 Å². The molecule has 1 amide bonds. The van der Waals surface area contributed by atoms with Crippen molar-refractivity contribution in [3.63, 3.8) is 0 Å². The van der Waals surface area contributed by atoms with Crippen LogP contribution in [0.4, 0.5) is 5.69 Å². The maximum absolute atomic E-state index is 12.4. The van der Waals surface area contributed by atoms with E-state index in [0.717, 1.165) is 29.3 Å². The van der Waals surface area contributed by atoms with Crippen molar-refractivity contribution in [2.24, 2.45) is 5.41 Å². The van der Waals surface area contributed by atoms with Gasteiger partial charge in [-0.2, -0.15) is 0 Å². The number of halogens is 1. The van der Waals surface area contributed by atoms with Gasteiger partial charge in [-0.3, -0.25) is 4.79 Å². The molecule has 20 heavy (non-hydrogen) atoms. The summed E-state index contributed by atoms with van der Waals surface area (Å²) in [6, 6.07) is 5.03. The smallest absolute Gasteiger partial charge is 0.337 e. The first-order valence-electron chi connectivity index (χ1n) is 6.77. The van der Waals surface area contributed by atoms with Crippen molar-refractivity contribution >= 4 is 40.2 Å². The van der Waals surface area contributed by atoms with Gasteiger partial charge in [0.25, 0.3) is 0 Å². The average Bonchev–Trinajstić information content (AvgIpc) is 2.41. The zero-order valence-corrected chi connectivity index (χ0v) is 13.6. The first-order chi connectivity index (χ1) is 9.42. The number of anilines is 1. The van der Waals surface area contributed by atoms with E-state index < -0.39 is 5.97 Å². The van der Waals surface area contributed by atoms with Gasteiger partial charge in [-0.15, -0.1) is 0 Å². The van der Waals surface area contributed by atoms with Crippen LogP contribution in [0, 0.1) is 8.99 Å². The van der Waals surface area contributed by atoms with E-state index in [9.17, 15) is 14.7 Å². The number of nitrogens with one attached hydrogen (secondary N) is 1. The van der Waals surface area contributed by atoms with Crippen LogP contribution in [0.15, 0.2) is 18.2 Å². The number of hydrogen-bond acceptors (Lipinski definition) is 2. The number of aromatic carboxylic acids is 1. The van der Waals surface area contributed by atoms with Crippen LogP contribution < -0.4 is 5.32 Å². The van der Waals surface area contributed by atoms with Crippen LogP contribution in [0.3, 0.4) is 0 Å². The molecule has 1 aromatic rings. The number of carbonyl (C=O) groups is 2. The van der Waals surface area contributed by atoms with E-state index in [-0.39, 0.29) is 16.9 Å². The highest BCUT2D eigenvalue weighted by Gasteiger charge is 2.34. The summed E-state index contributed by atoms with van der Waals surface area (Å²) in [5.41, 5.74) is 0.149. The lowest BCUT2D eigenvalue weighted by molar-refractivity contribution is -0.126. The summed E-state index contributed by atoms with van der Waals surface area (Å²) in [6.45, 7) is 1.97. The SMILES string of the molecule is CC1(C(=O)Nc2ccc(I)cc2C(=O)O)CCCCC1. The van der Waals surface area contributed by atoms with Crippen molar-refractivity contribution in [3.05, 3.63) is 27.3 Å². The number of carbonyl (C=O) groups excluding carboxylic acids is 1. The summed E-state index contributed by atoms with van der Waals surface area (Å²) in [7, 11) is 0. The quantitative estimate of drug-likeness (QED) is 0.774. The van der Waals surface area contributed by atoms with E-state index in [4.69, 9.17) is 0 Å². The Bertz CT molecular complexity index is 536. The van der Waals surface area contributed by atoms with Crippen LogP contribution in [0.1, 0.15) is 49.4 Å². The second-order valence-corrected chi connectivity index (χ2v) is 6.82. The number of amides is 1. The highest BCUT2D eigenvalue weighted by molar-refractivity contribution is 14.1. The lowest BCUT2D eigenvalue weighted by Crippen LogP contribution is -2.35. The third kappa shape index (κ3) is 3.31. The summed E-state index contributed by atoms with van der Waals surface area (Å²) in [5.74, 6) is -1.09. The van der Waals surface area contributed by atoms with Gasteiger partial charge in [-0.25, -0.2) is 4.79 Å². The molecule has 108 valence electrons. The summed E-state index contributed by atoms with van der Waals surface area (Å²) in [6.07, 6.45) is 5.02. The molecule has 0 aliphatic heterocycles. The molecule has 1 aliphatic rings. The number of hydrogen-bond donors (Lipinski definition) is 2. The minimum atomic E-state index is -1.02. The number of carboxylic acid groups (broad SMARTS) is 1. The number of rotatable bonds is 3. The first kappa shape index (κ1) is 15.3. The Labute approximate surface area is 132 Å². The van der Waals surface area contributed by atoms with Crippen LogP contribution in [0.25, 0.3) is 0 Å². The van der Waals surface area contributed by atoms with Gasteiger partial charge in [0, 0.05) is 8.99 Å². The summed E-state index contributed by atoms with van der Waals surface area (Å²) in [4.78, 5) is 23.7. The van der Waals surface area contributed by atoms with E-state index in [1.54, 1.807) is 18.2 Å². The maximum atomic E-state index is 12.4. The Morgan fingerprint density at radius 2 is 1.90 bits per heavy atom. The Balaban J connectivity index is 2.21. The molecule has 0 saturated heterocycles. The largest absolute Gasteiger partial charge is 0.478 e. The molecule has 0 bridgehead atoms. The first-order valence-corrected chi connectivity index (χ1v) is 7.84. The predicted molar refractivity (Wildman–Crippen MR) is 85.9 cm³/mol. The van der Waals surface area contributed by atoms with Crippen LogP contribution >= 0.6 is 22.6 Å². The summed E-state index contributed by atoms with van der Waals surface area (Å²) in [5, 5.41) is 12.0. The van der Waals surface area contributed by atoms with Gasteiger partial charge in [0.1, 0.15) is 0 Å². The third-order valence-electron chi connectivity index (χ3n) is 3.97. The fraction of sp³-hybridized carbons (Fsp3) is 0.467. The fourth-order valence-electron chi connectivity index (χ4n) is 2.63. The monoisotopic (exact) mass is 387 g/mol. The van der Waals surface area contributed by atoms with Gasteiger partial charge < -0.3 is 10.4 Å². The predicted octanol–water partition coefficient (Wildman–Crippen LogP) is 3.90. The Morgan fingerprint density at radius 1 is 1.25 bits per heavy atom. The van der Waals surface area contributed by atoms with E-state index >= 15 is 0 Å². The highest BCUT2D eigenvalue weighted by Crippen LogP contribution is 2.37. The molecule has 1 aromatic carbocycles. The zero-order valence-electron chi connectivity index (χ0n) is 11.4. The molecule has 2 N–H and O–H groups in total. The molecule has 0 radical (unpaired) electrons. The lowest BCUT2D eigenvalue weighted by Gasteiger charge is -2.32. The molecule has 0 heterocycles. The van der Waals surface area contributed by atoms with Crippen molar-refractivity contribution in [2.75, 3.05) is 5.32 Å². The van der Waals surface area contributed by atoms with Crippen molar-refractivity contribution in [1.29, 1.82) is 0 Å².